The van der Waals surface area contributed by atoms with E-state index in [0.29, 0.717) is 5.69 Å². The molecule has 0 bridgehead atoms. The van der Waals surface area contributed by atoms with Gasteiger partial charge in [-0.2, -0.15) is 0 Å². The van der Waals surface area contributed by atoms with Crippen LogP contribution in [-0.2, 0) is 26.2 Å². The number of halogens is 1. The molecule has 2 atom stereocenters. The summed E-state index contributed by atoms with van der Waals surface area (Å²) in [4.78, 5) is 27.7. The molecule has 2 unspecified atom stereocenters. The smallest absolute Gasteiger partial charge is 0.244 e. The second-order valence-electron chi connectivity index (χ2n) is 8.25. The molecule has 7 nitrogen and oxygen atoms in total. The number of carbonyl (C=O) groups excluding carboxylic acids is 2. The van der Waals surface area contributed by atoms with Gasteiger partial charge in [-0.3, -0.25) is 13.9 Å². The predicted octanol–water partition coefficient (Wildman–Crippen LogP) is 3.86. The van der Waals surface area contributed by atoms with Gasteiger partial charge in [0.2, 0.25) is 21.8 Å². The molecule has 0 radical (unpaired) electrons. The van der Waals surface area contributed by atoms with Gasteiger partial charge in [0.1, 0.15) is 12.6 Å². The maximum absolute atomic E-state index is 13.5. The van der Waals surface area contributed by atoms with Gasteiger partial charge in [-0.25, -0.2) is 8.42 Å². The van der Waals surface area contributed by atoms with Gasteiger partial charge >= 0.3 is 0 Å². The molecule has 2 aromatic rings. The lowest BCUT2D eigenvalue weighted by Crippen LogP contribution is -2.52. The Balaban J connectivity index is 2.37. The summed E-state index contributed by atoms with van der Waals surface area (Å²) in [6, 6.07) is 13.5. The molecule has 0 saturated carbocycles. The summed E-state index contributed by atoms with van der Waals surface area (Å²) in [6.07, 6.45) is 1.82. The predicted molar refractivity (Wildman–Crippen MR) is 135 cm³/mol. The Hall–Kier alpha value is -2.39. The molecule has 9 heteroatoms. The number of nitrogens with zero attached hydrogens (tertiary/aromatic N) is 2. The topological polar surface area (TPSA) is 86.8 Å². The van der Waals surface area contributed by atoms with Gasteiger partial charge in [0.05, 0.1) is 11.9 Å². The molecule has 1 N–H and O–H groups in total. The Labute approximate surface area is 205 Å². The maximum atomic E-state index is 13.5. The van der Waals surface area contributed by atoms with Gasteiger partial charge in [0, 0.05) is 17.1 Å². The van der Waals surface area contributed by atoms with Gasteiger partial charge in [-0.1, -0.05) is 52.7 Å². The van der Waals surface area contributed by atoms with E-state index in [4.69, 9.17) is 0 Å². The average Bonchev–Trinajstić information content (AvgIpc) is 2.75. The molecule has 180 valence electrons. The summed E-state index contributed by atoms with van der Waals surface area (Å²) in [5, 5.41) is 2.91. The van der Waals surface area contributed by atoms with Crippen molar-refractivity contribution in [2.75, 3.05) is 17.1 Å². The maximum Gasteiger partial charge on any atom is 0.244 e. The van der Waals surface area contributed by atoms with Crippen molar-refractivity contribution in [1.82, 2.24) is 10.2 Å². The highest BCUT2D eigenvalue weighted by Gasteiger charge is 2.30. The Morgan fingerprint density at radius 1 is 1.09 bits per heavy atom. The van der Waals surface area contributed by atoms with E-state index >= 15 is 0 Å². The van der Waals surface area contributed by atoms with E-state index in [-0.39, 0.29) is 18.5 Å². The second-order valence-corrected chi connectivity index (χ2v) is 11.1. The molecule has 0 saturated heterocycles. The molecule has 0 spiro atoms. The van der Waals surface area contributed by atoms with Crippen LogP contribution in [0.4, 0.5) is 5.69 Å². The number of carbonyl (C=O) groups is 2. The molecular weight excluding hydrogens is 506 g/mol. The summed E-state index contributed by atoms with van der Waals surface area (Å²) < 4.78 is 27.0. The highest BCUT2D eigenvalue weighted by Crippen LogP contribution is 2.20. The molecule has 2 rings (SSSR count). The van der Waals surface area contributed by atoms with E-state index in [1.165, 1.54) is 4.90 Å². The van der Waals surface area contributed by atoms with E-state index in [2.05, 4.69) is 21.2 Å². The quantitative estimate of drug-likeness (QED) is 0.498. The first-order chi connectivity index (χ1) is 15.4. The van der Waals surface area contributed by atoms with Crippen molar-refractivity contribution in [3.05, 3.63) is 64.1 Å². The van der Waals surface area contributed by atoms with Crippen molar-refractivity contribution in [2.24, 2.45) is 0 Å². The average molecular weight is 539 g/mol. The van der Waals surface area contributed by atoms with Crippen LogP contribution < -0.4 is 9.62 Å². The SMILES string of the molecule is CCC(C)NC(=O)C(C)N(Cc1cccc(Br)c1)C(=O)CN(c1ccc(C)cc1)S(C)(=O)=O. The highest BCUT2D eigenvalue weighted by molar-refractivity contribution is 9.10. The molecule has 0 fully saturated rings. The summed E-state index contributed by atoms with van der Waals surface area (Å²) in [5.41, 5.74) is 2.20. The lowest BCUT2D eigenvalue weighted by molar-refractivity contribution is -0.139. The summed E-state index contributed by atoms with van der Waals surface area (Å²) >= 11 is 3.43. The highest BCUT2D eigenvalue weighted by atomic mass is 79.9. The van der Waals surface area contributed by atoms with Crippen molar-refractivity contribution in [2.45, 2.75) is 52.7 Å². The molecule has 33 heavy (non-hydrogen) atoms. The fraction of sp³-hybridized carbons (Fsp3) is 0.417. The number of benzene rings is 2. The van der Waals surface area contributed by atoms with Crippen LogP contribution in [0, 0.1) is 6.92 Å². The van der Waals surface area contributed by atoms with Crippen molar-refractivity contribution < 1.29 is 18.0 Å². The lowest BCUT2D eigenvalue weighted by atomic mass is 10.1. The zero-order valence-corrected chi connectivity index (χ0v) is 22.1. The van der Waals surface area contributed by atoms with E-state index < -0.39 is 28.5 Å². The third kappa shape index (κ3) is 7.85. The number of sulfonamides is 1. The number of aryl methyl sites for hydroxylation is 1. The van der Waals surface area contributed by atoms with Crippen LogP contribution >= 0.6 is 15.9 Å². The van der Waals surface area contributed by atoms with Gasteiger partial charge in [0.15, 0.2) is 0 Å². The first kappa shape index (κ1) is 26.9. The third-order valence-electron chi connectivity index (χ3n) is 5.41. The minimum absolute atomic E-state index is 0.0390. The number of nitrogens with one attached hydrogen (secondary N) is 1. The van der Waals surface area contributed by atoms with E-state index in [1.54, 1.807) is 31.2 Å². The van der Waals surface area contributed by atoms with Crippen LogP contribution in [-0.4, -0.2) is 50.0 Å². The van der Waals surface area contributed by atoms with Crippen LogP contribution in [0.25, 0.3) is 0 Å². The molecule has 0 aliphatic rings. The number of hydrogen-bond donors (Lipinski definition) is 1. The van der Waals surface area contributed by atoms with Crippen LogP contribution in [0.1, 0.15) is 38.3 Å². The largest absolute Gasteiger partial charge is 0.352 e. The third-order valence-corrected chi connectivity index (χ3v) is 7.05. The van der Waals surface area contributed by atoms with Gasteiger partial charge in [-0.15, -0.1) is 0 Å². The van der Waals surface area contributed by atoms with Crippen molar-refractivity contribution in [1.29, 1.82) is 0 Å². The molecule has 0 aliphatic heterocycles. The zero-order chi connectivity index (χ0) is 24.8. The summed E-state index contributed by atoms with van der Waals surface area (Å²) in [6.45, 7) is 7.18. The Kier molecular flexibility index (Phi) is 9.48. The van der Waals surface area contributed by atoms with E-state index in [9.17, 15) is 18.0 Å². The second kappa shape index (κ2) is 11.7. The fourth-order valence-electron chi connectivity index (χ4n) is 3.20. The molecule has 2 aromatic carbocycles. The van der Waals surface area contributed by atoms with Crippen LogP contribution in [0.3, 0.4) is 0 Å². The fourth-order valence-corrected chi connectivity index (χ4v) is 4.50. The normalized spacial score (nSPS) is 13.2. The number of anilines is 1. The molecule has 0 aromatic heterocycles. The van der Waals surface area contributed by atoms with Gasteiger partial charge in [0.25, 0.3) is 0 Å². The molecule has 2 amide bonds. The molecular formula is C24H32BrN3O4S. The lowest BCUT2D eigenvalue weighted by Gasteiger charge is -2.32. The first-order valence-corrected chi connectivity index (χ1v) is 13.4. The minimum atomic E-state index is -3.73. The number of rotatable bonds is 10. The summed E-state index contributed by atoms with van der Waals surface area (Å²) in [5.74, 6) is -0.748. The van der Waals surface area contributed by atoms with Crippen molar-refractivity contribution in [3.8, 4) is 0 Å². The van der Waals surface area contributed by atoms with Crippen LogP contribution in [0.15, 0.2) is 53.0 Å². The molecule has 0 aliphatic carbocycles. The Morgan fingerprint density at radius 3 is 2.27 bits per heavy atom. The number of amides is 2. The summed E-state index contributed by atoms with van der Waals surface area (Å²) in [7, 11) is -3.73. The zero-order valence-electron chi connectivity index (χ0n) is 19.7. The van der Waals surface area contributed by atoms with Gasteiger partial charge < -0.3 is 10.2 Å². The monoisotopic (exact) mass is 537 g/mol. The van der Waals surface area contributed by atoms with E-state index in [1.807, 2.05) is 45.0 Å². The van der Waals surface area contributed by atoms with Gasteiger partial charge in [-0.05, 0) is 57.0 Å². The van der Waals surface area contributed by atoms with E-state index in [0.717, 1.165) is 32.6 Å². The van der Waals surface area contributed by atoms with Crippen LogP contribution in [0.5, 0.6) is 0 Å². The van der Waals surface area contributed by atoms with Crippen LogP contribution in [0.2, 0.25) is 0 Å². The standard InChI is InChI=1S/C24H32BrN3O4S/c1-6-18(3)26-24(30)19(4)27(15-20-8-7-9-21(25)14-20)23(29)16-28(33(5,31)32)22-12-10-17(2)11-13-22/h7-14,18-19H,6,15-16H2,1-5H3,(H,26,30). The number of hydrogen-bond acceptors (Lipinski definition) is 4. The van der Waals surface area contributed by atoms with Crippen molar-refractivity contribution >= 4 is 43.5 Å². The first-order valence-electron chi connectivity index (χ1n) is 10.8. The Morgan fingerprint density at radius 2 is 1.73 bits per heavy atom. The minimum Gasteiger partial charge on any atom is -0.352 e. The Bertz CT molecular complexity index is 1070. The molecule has 0 heterocycles. The van der Waals surface area contributed by atoms with Crippen molar-refractivity contribution in [3.63, 3.8) is 0 Å².